The number of hydrogen-bond acceptors (Lipinski definition) is 7. The Morgan fingerprint density at radius 1 is 1.15 bits per heavy atom. The van der Waals surface area contributed by atoms with E-state index in [1.807, 2.05) is 0 Å². The van der Waals surface area contributed by atoms with Crippen molar-refractivity contribution in [3.63, 3.8) is 0 Å². The number of hydrogen-bond donors (Lipinski definition) is 1. The molecule has 0 aromatic carbocycles. The topological polar surface area (TPSA) is 100 Å². The highest BCUT2D eigenvalue weighted by molar-refractivity contribution is 7.54. The Morgan fingerprint density at radius 3 is 2.15 bits per heavy atom. The van der Waals surface area contributed by atoms with E-state index >= 15 is 0 Å². The Morgan fingerprint density at radius 2 is 1.73 bits per heavy atom. The molecule has 1 amide bonds. The molecule has 152 valence electrons. The van der Waals surface area contributed by atoms with Crippen molar-refractivity contribution in [1.29, 1.82) is 0 Å². The van der Waals surface area contributed by atoms with E-state index in [1.54, 1.807) is 41.7 Å². The SMILES string of the molecule is CCOC(=O)C(C=C(CCOC)CP(=O)(OC(C)C)OC(C)C)NC=O. The maximum atomic E-state index is 13.1. The number of methoxy groups -OCH3 is 1. The summed E-state index contributed by atoms with van der Waals surface area (Å²) in [5.41, 5.74) is 0.615. The Hall–Kier alpha value is -1.21. The highest BCUT2D eigenvalue weighted by atomic mass is 31.2. The second kappa shape index (κ2) is 13.0. The number of esters is 1. The van der Waals surface area contributed by atoms with Gasteiger partial charge in [-0.25, -0.2) is 4.79 Å². The summed E-state index contributed by atoms with van der Waals surface area (Å²) in [5, 5.41) is 2.40. The lowest BCUT2D eigenvalue weighted by atomic mass is 10.1. The Kier molecular flexibility index (Phi) is 12.4. The van der Waals surface area contributed by atoms with Crippen LogP contribution in [0, 0.1) is 0 Å². The maximum absolute atomic E-state index is 13.1. The maximum Gasteiger partial charge on any atom is 0.335 e. The first-order valence-electron chi connectivity index (χ1n) is 8.68. The molecule has 1 N–H and O–H groups in total. The average Bonchev–Trinajstić information content (AvgIpc) is 2.50. The molecule has 0 spiro atoms. The zero-order valence-electron chi connectivity index (χ0n) is 16.5. The monoisotopic (exact) mass is 393 g/mol. The number of nitrogens with one attached hydrogen (secondary N) is 1. The molecule has 1 unspecified atom stereocenters. The fraction of sp³-hybridized carbons (Fsp3) is 0.765. The van der Waals surface area contributed by atoms with Crippen molar-refractivity contribution in [2.45, 2.75) is 59.3 Å². The third-order valence-corrected chi connectivity index (χ3v) is 5.24. The molecule has 0 saturated carbocycles. The van der Waals surface area contributed by atoms with E-state index in [0.717, 1.165) is 0 Å². The smallest absolute Gasteiger partial charge is 0.335 e. The molecule has 9 heteroatoms. The molecule has 26 heavy (non-hydrogen) atoms. The van der Waals surface area contributed by atoms with E-state index in [0.29, 0.717) is 25.0 Å². The lowest BCUT2D eigenvalue weighted by molar-refractivity contribution is -0.145. The van der Waals surface area contributed by atoms with Gasteiger partial charge in [-0.1, -0.05) is 11.6 Å². The average molecular weight is 393 g/mol. The van der Waals surface area contributed by atoms with Crippen LogP contribution in [0.3, 0.4) is 0 Å². The van der Waals surface area contributed by atoms with Gasteiger partial charge in [0, 0.05) is 13.7 Å². The summed E-state index contributed by atoms with van der Waals surface area (Å²) >= 11 is 0. The van der Waals surface area contributed by atoms with Crippen molar-refractivity contribution in [2.24, 2.45) is 0 Å². The summed E-state index contributed by atoms with van der Waals surface area (Å²) in [6, 6.07) is -0.981. The van der Waals surface area contributed by atoms with Crippen molar-refractivity contribution in [3.8, 4) is 0 Å². The van der Waals surface area contributed by atoms with E-state index < -0.39 is 19.6 Å². The summed E-state index contributed by atoms with van der Waals surface area (Å²) < 4.78 is 34.3. The van der Waals surface area contributed by atoms with Crippen LogP contribution in [0.4, 0.5) is 0 Å². The molecule has 1 atom stereocenters. The minimum atomic E-state index is -3.44. The van der Waals surface area contributed by atoms with Gasteiger partial charge < -0.3 is 23.8 Å². The molecule has 0 aliphatic rings. The van der Waals surface area contributed by atoms with Crippen LogP contribution >= 0.6 is 7.60 Å². The van der Waals surface area contributed by atoms with Gasteiger partial charge in [0.1, 0.15) is 6.04 Å². The number of ether oxygens (including phenoxy) is 2. The number of carbonyl (C=O) groups excluding carboxylic acids is 2. The van der Waals surface area contributed by atoms with Crippen LogP contribution in [0.2, 0.25) is 0 Å². The van der Waals surface area contributed by atoms with Gasteiger partial charge in [-0.2, -0.15) is 0 Å². The molecule has 0 radical (unpaired) electrons. The summed E-state index contributed by atoms with van der Waals surface area (Å²) in [5.74, 6) is -0.598. The zero-order valence-corrected chi connectivity index (χ0v) is 17.4. The lowest BCUT2D eigenvalue weighted by Gasteiger charge is -2.24. The van der Waals surface area contributed by atoms with Crippen molar-refractivity contribution in [3.05, 3.63) is 11.6 Å². The molecular weight excluding hydrogens is 361 g/mol. The van der Waals surface area contributed by atoms with Crippen LogP contribution < -0.4 is 5.32 Å². The van der Waals surface area contributed by atoms with Gasteiger partial charge in [-0.3, -0.25) is 9.36 Å². The molecule has 0 saturated heterocycles. The third-order valence-electron chi connectivity index (χ3n) is 2.96. The Labute approximate surface area is 156 Å². The minimum absolute atomic E-state index is 0.0108. The molecule has 0 fully saturated rings. The van der Waals surface area contributed by atoms with Gasteiger partial charge in [-0.15, -0.1) is 0 Å². The highest BCUT2D eigenvalue weighted by Crippen LogP contribution is 2.52. The van der Waals surface area contributed by atoms with E-state index in [9.17, 15) is 14.2 Å². The first-order chi connectivity index (χ1) is 12.2. The third kappa shape index (κ3) is 10.7. The van der Waals surface area contributed by atoms with Crippen molar-refractivity contribution in [1.82, 2.24) is 5.32 Å². The molecule has 0 heterocycles. The normalized spacial score (nSPS) is 13.8. The van der Waals surface area contributed by atoms with Gasteiger partial charge in [0.25, 0.3) is 0 Å². The first kappa shape index (κ1) is 24.8. The molecule has 0 aromatic heterocycles. The minimum Gasteiger partial charge on any atom is -0.464 e. The number of rotatable bonds is 14. The first-order valence-corrected chi connectivity index (χ1v) is 10.4. The van der Waals surface area contributed by atoms with E-state index in [4.69, 9.17) is 18.5 Å². The van der Waals surface area contributed by atoms with Crippen molar-refractivity contribution >= 4 is 20.0 Å². The predicted molar refractivity (Wildman–Crippen MR) is 99.1 cm³/mol. The Bertz CT molecular complexity index is 491. The fourth-order valence-corrected chi connectivity index (χ4v) is 4.41. The van der Waals surface area contributed by atoms with Gasteiger partial charge in [-0.05, 0) is 41.0 Å². The zero-order chi connectivity index (χ0) is 20.2. The summed E-state index contributed by atoms with van der Waals surface area (Å²) in [7, 11) is -1.90. The second-order valence-corrected chi connectivity index (χ2v) is 8.12. The predicted octanol–water partition coefficient (Wildman–Crippen LogP) is 2.67. The quantitative estimate of drug-likeness (QED) is 0.210. The summed E-state index contributed by atoms with van der Waals surface area (Å²) in [4.78, 5) is 22.8. The van der Waals surface area contributed by atoms with Gasteiger partial charge in [0.05, 0.1) is 25.0 Å². The summed E-state index contributed by atoms with van der Waals surface area (Å²) in [6.07, 6.45) is 1.74. The van der Waals surface area contributed by atoms with E-state index in [-0.39, 0.29) is 25.0 Å². The lowest BCUT2D eigenvalue weighted by Crippen LogP contribution is -2.36. The van der Waals surface area contributed by atoms with Crippen molar-refractivity contribution < 1.29 is 32.7 Å². The molecule has 0 bridgehead atoms. The number of amides is 1. The van der Waals surface area contributed by atoms with Crippen molar-refractivity contribution in [2.75, 3.05) is 26.5 Å². The molecule has 0 rings (SSSR count). The summed E-state index contributed by atoms with van der Waals surface area (Å²) in [6.45, 7) is 9.28. The van der Waals surface area contributed by atoms with Gasteiger partial charge in [0.15, 0.2) is 0 Å². The Balaban J connectivity index is 5.61. The fourth-order valence-electron chi connectivity index (χ4n) is 2.16. The van der Waals surface area contributed by atoms with E-state index in [1.165, 1.54) is 6.08 Å². The highest BCUT2D eigenvalue weighted by Gasteiger charge is 2.30. The largest absolute Gasteiger partial charge is 0.464 e. The molecule has 0 aliphatic carbocycles. The van der Waals surface area contributed by atoms with Crippen LogP contribution in [0.25, 0.3) is 0 Å². The van der Waals surface area contributed by atoms with Gasteiger partial charge in [0.2, 0.25) is 6.41 Å². The standard InChI is InChI=1S/C17H32NO7P/c1-7-23-17(20)16(18-12-19)10-15(8-9-22-6)11-26(21,24-13(2)3)25-14(4)5/h10,12-14,16H,7-9,11H2,1-6H3,(H,18,19). The van der Waals surface area contributed by atoms with Crippen LogP contribution in [-0.4, -0.2) is 57.1 Å². The molecule has 0 aliphatic heterocycles. The number of carbonyl (C=O) groups is 2. The van der Waals surface area contributed by atoms with Crippen LogP contribution in [-0.2, 0) is 32.7 Å². The van der Waals surface area contributed by atoms with Crippen LogP contribution in [0.15, 0.2) is 11.6 Å². The molecule has 0 aromatic rings. The molecule has 8 nitrogen and oxygen atoms in total. The second-order valence-electron chi connectivity index (χ2n) is 6.16. The van der Waals surface area contributed by atoms with Gasteiger partial charge >= 0.3 is 13.6 Å². The van der Waals surface area contributed by atoms with Crippen LogP contribution in [0.5, 0.6) is 0 Å². The molecular formula is C17H32NO7P. The van der Waals surface area contributed by atoms with E-state index in [2.05, 4.69) is 5.32 Å². The van der Waals surface area contributed by atoms with Crippen LogP contribution in [0.1, 0.15) is 41.0 Å².